The Labute approximate surface area is 106 Å². The number of carbonyl (C=O) groups excluding carboxylic acids is 1. The standard InChI is InChI=1S/C12H18N2O2S/c1-3-14-6-5-9-10(8-14)17-11(13-9)7-12(15)16-4-2/h3-8H2,1-2H3. The smallest absolute Gasteiger partial charge is 0.312 e. The Kier molecular flexibility index (Phi) is 4.12. The van der Waals surface area contributed by atoms with Gasteiger partial charge in [0.25, 0.3) is 0 Å². The molecule has 4 nitrogen and oxygen atoms in total. The van der Waals surface area contributed by atoms with E-state index in [1.807, 2.05) is 6.92 Å². The van der Waals surface area contributed by atoms with Gasteiger partial charge in [-0.25, -0.2) is 4.98 Å². The molecule has 1 aliphatic rings. The second kappa shape index (κ2) is 5.60. The van der Waals surface area contributed by atoms with Gasteiger partial charge in [-0.3, -0.25) is 9.69 Å². The van der Waals surface area contributed by atoms with Crippen LogP contribution < -0.4 is 0 Å². The molecule has 0 saturated heterocycles. The first-order chi connectivity index (χ1) is 8.22. The van der Waals surface area contributed by atoms with Crippen molar-refractivity contribution in [3.05, 3.63) is 15.6 Å². The van der Waals surface area contributed by atoms with E-state index in [9.17, 15) is 4.79 Å². The van der Waals surface area contributed by atoms with Crippen molar-refractivity contribution < 1.29 is 9.53 Å². The average molecular weight is 254 g/mol. The first-order valence-corrected chi connectivity index (χ1v) is 6.90. The van der Waals surface area contributed by atoms with Crippen molar-refractivity contribution in [3.8, 4) is 0 Å². The third-order valence-electron chi connectivity index (χ3n) is 2.90. The molecule has 0 aromatic carbocycles. The number of rotatable bonds is 4. The summed E-state index contributed by atoms with van der Waals surface area (Å²) in [6.45, 7) is 7.56. The molecule has 0 bridgehead atoms. The number of esters is 1. The van der Waals surface area contributed by atoms with Crippen molar-refractivity contribution in [1.29, 1.82) is 0 Å². The summed E-state index contributed by atoms with van der Waals surface area (Å²) >= 11 is 1.66. The molecular weight excluding hydrogens is 236 g/mol. The molecule has 1 aromatic rings. The summed E-state index contributed by atoms with van der Waals surface area (Å²) in [7, 11) is 0. The van der Waals surface area contributed by atoms with Crippen LogP contribution in [0, 0.1) is 0 Å². The largest absolute Gasteiger partial charge is 0.466 e. The highest BCUT2D eigenvalue weighted by Crippen LogP contribution is 2.25. The molecule has 0 N–H and O–H groups in total. The number of likely N-dealkylation sites (N-methyl/N-ethyl adjacent to an activating group) is 1. The molecule has 0 fully saturated rings. The van der Waals surface area contributed by atoms with Crippen molar-refractivity contribution in [2.75, 3.05) is 19.7 Å². The highest BCUT2D eigenvalue weighted by atomic mass is 32.1. The van der Waals surface area contributed by atoms with Crippen LogP contribution in [0.2, 0.25) is 0 Å². The molecule has 0 aliphatic carbocycles. The Morgan fingerprint density at radius 2 is 2.35 bits per heavy atom. The highest BCUT2D eigenvalue weighted by Gasteiger charge is 2.20. The lowest BCUT2D eigenvalue weighted by molar-refractivity contribution is -0.142. The first-order valence-electron chi connectivity index (χ1n) is 6.08. The molecule has 0 radical (unpaired) electrons. The quantitative estimate of drug-likeness (QED) is 0.766. The van der Waals surface area contributed by atoms with Gasteiger partial charge in [0.15, 0.2) is 0 Å². The number of fused-ring (bicyclic) bond motifs is 1. The van der Waals surface area contributed by atoms with E-state index in [0.717, 1.165) is 31.1 Å². The van der Waals surface area contributed by atoms with Crippen LogP contribution in [-0.4, -0.2) is 35.5 Å². The lowest BCUT2D eigenvalue weighted by Gasteiger charge is -2.23. The molecule has 0 atom stereocenters. The van der Waals surface area contributed by atoms with E-state index >= 15 is 0 Å². The fraction of sp³-hybridized carbons (Fsp3) is 0.667. The summed E-state index contributed by atoms with van der Waals surface area (Å²) in [6, 6.07) is 0. The predicted octanol–water partition coefficient (Wildman–Crippen LogP) is 1.63. The first kappa shape index (κ1) is 12.5. The third-order valence-corrected chi connectivity index (χ3v) is 3.99. The SMILES string of the molecule is CCOC(=O)Cc1nc2c(s1)CN(CC)CC2. The highest BCUT2D eigenvalue weighted by molar-refractivity contribution is 7.11. The number of carbonyl (C=O) groups is 1. The van der Waals surface area contributed by atoms with E-state index in [1.54, 1.807) is 11.3 Å². The molecule has 0 saturated carbocycles. The maximum atomic E-state index is 11.4. The molecule has 2 rings (SSSR count). The lowest BCUT2D eigenvalue weighted by atomic mass is 10.2. The molecule has 2 heterocycles. The van der Waals surface area contributed by atoms with Crippen molar-refractivity contribution in [2.45, 2.75) is 33.2 Å². The van der Waals surface area contributed by atoms with Gasteiger partial charge in [0, 0.05) is 24.4 Å². The Balaban J connectivity index is 2.02. The van der Waals surface area contributed by atoms with Crippen LogP contribution >= 0.6 is 11.3 Å². The normalized spacial score (nSPS) is 15.6. The van der Waals surface area contributed by atoms with Gasteiger partial charge in [-0.1, -0.05) is 6.92 Å². The maximum Gasteiger partial charge on any atom is 0.312 e. The van der Waals surface area contributed by atoms with E-state index < -0.39 is 0 Å². The second-order valence-corrected chi connectivity index (χ2v) is 5.25. The summed E-state index contributed by atoms with van der Waals surface area (Å²) < 4.78 is 4.94. The van der Waals surface area contributed by atoms with Crippen LogP contribution in [-0.2, 0) is 28.9 Å². The van der Waals surface area contributed by atoms with Crippen LogP contribution in [0.4, 0.5) is 0 Å². The van der Waals surface area contributed by atoms with E-state index in [4.69, 9.17) is 4.74 Å². The van der Waals surface area contributed by atoms with Crippen LogP contribution in [0.25, 0.3) is 0 Å². The minimum absolute atomic E-state index is 0.175. The second-order valence-electron chi connectivity index (χ2n) is 4.08. The molecule has 1 aromatic heterocycles. The van der Waals surface area contributed by atoms with Gasteiger partial charge in [-0.05, 0) is 13.5 Å². The zero-order chi connectivity index (χ0) is 12.3. The van der Waals surface area contributed by atoms with Gasteiger partial charge < -0.3 is 4.74 Å². The minimum atomic E-state index is -0.175. The Morgan fingerprint density at radius 3 is 3.06 bits per heavy atom. The summed E-state index contributed by atoms with van der Waals surface area (Å²) in [4.78, 5) is 19.6. The molecule has 0 amide bonds. The van der Waals surface area contributed by atoms with Crippen molar-refractivity contribution in [3.63, 3.8) is 0 Å². The van der Waals surface area contributed by atoms with Crippen molar-refractivity contribution >= 4 is 17.3 Å². The number of nitrogens with zero attached hydrogens (tertiary/aromatic N) is 2. The zero-order valence-corrected chi connectivity index (χ0v) is 11.2. The van der Waals surface area contributed by atoms with Gasteiger partial charge >= 0.3 is 5.97 Å². The number of thiazole rings is 1. The van der Waals surface area contributed by atoms with E-state index in [1.165, 1.54) is 10.6 Å². The molecular formula is C12H18N2O2S. The molecule has 1 aliphatic heterocycles. The number of hydrogen-bond donors (Lipinski definition) is 0. The molecule has 17 heavy (non-hydrogen) atoms. The zero-order valence-electron chi connectivity index (χ0n) is 10.4. The lowest BCUT2D eigenvalue weighted by Crippen LogP contribution is -2.29. The maximum absolute atomic E-state index is 11.4. The summed E-state index contributed by atoms with van der Waals surface area (Å²) in [5.74, 6) is -0.175. The monoisotopic (exact) mass is 254 g/mol. The van der Waals surface area contributed by atoms with Gasteiger partial charge in [-0.2, -0.15) is 0 Å². The van der Waals surface area contributed by atoms with Crippen LogP contribution in [0.15, 0.2) is 0 Å². The van der Waals surface area contributed by atoms with Crippen molar-refractivity contribution in [2.24, 2.45) is 0 Å². The fourth-order valence-electron chi connectivity index (χ4n) is 1.98. The predicted molar refractivity (Wildman–Crippen MR) is 67.1 cm³/mol. The van der Waals surface area contributed by atoms with E-state index in [-0.39, 0.29) is 5.97 Å². The number of aromatic nitrogens is 1. The number of ether oxygens (including phenoxy) is 1. The Hall–Kier alpha value is -0.940. The third kappa shape index (κ3) is 3.04. The summed E-state index contributed by atoms with van der Waals surface area (Å²) in [5.41, 5.74) is 1.18. The fourth-order valence-corrected chi connectivity index (χ4v) is 3.13. The summed E-state index contributed by atoms with van der Waals surface area (Å²) in [5, 5.41) is 0.895. The molecule has 94 valence electrons. The minimum Gasteiger partial charge on any atom is -0.466 e. The van der Waals surface area contributed by atoms with Gasteiger partial charge in [0.05, 0.1) is 18.7 Å². The van der Waals surface area contributed by atoms with E-state index in [0.29, 0.717) is 13.0 Å². The Morgan fingerprint density at radius 1 is 1.53 bits per heavy atom. The van der Waals surface area contributed by atoms with Gasteiger partial charge in [-0.15, -0.1) is 11.3 Å². The molecule has 0 unspecified atom stereocenters. The van der Waals surface area contributed by atoms with Crippen molar-refractivity contribution in [1.82, 2.24) is 9.88 Å². The Bertz CT molecular complexity index is 403. The van der Waals surface area contributed by atoms with Crippen LogP contribution in [0.5, 0.6) is 0 Å². The van der Waals surface area contributed by atoms with Gasteiger partial charge in [0.1, 0.15) is 5.01 Å². The number of hydrogen-bond acceptors (Lipinski definition) is 5. The van der Waals surface area contributed by atoms with E-state index in [2.05, 4.69) is 16.8 Å². The average Bonchev–Trinajstić information content (AvgIpc) is 2.69. The van der Waals surface area contributed by atoms with Crippen LogP contribution in [0.1, 0.15) is 29.4 Å². The van der Waals surface area contributed by atoms with Gasteiger partial charge in [0.2, 0.25) is 0 Å². The summed E-state index contributed by atoms with van der Waals surface area (Å²) in [6.07, 6.45) is 1.32. The molecule has 5 heteroatoms. The topological polar surface area (TPSA) is 42.4 Å². The molecule has 0 spiro atoms. The van der Waals surface area contributed by atoms with Crippen LogP contribution in [0.3, 0.4) is 0 Å².